The second-order valence-electron chi connectivity index (χ2n) is 3.20. The lowest BCUT2D eigenvalue weighted by molar-refractivity contribution is 0.483. The molecule has 1 fully saturated rings. The van der Waals surface area contributed by atoms with E-state index in [2.05, 4.69) is 5.32 Å². The van der Waals surface area contributed by atoms with E-state index in [4.69, 9.17) is 11.6 Å². The normalized spacial score (nSPS) is 23.8. The van der Waals surface area contributed by atoms with Crippen molar-refractivity contribution in [3.05, 3.63) is 11.6 Å². The maximum atomic E-state index is 11.1. The molecular formula is C8H14ClNO2S. The molecule has 1 heterocycles. The molecule has 0 aromatic heterocycles. The summed E-state index contributed by atoms with van der Waals surface area (Å²) in [5.74, 6) is 0.629. The second kappa shape index (κ2) is 4.98. The van der Waals surface area contributed by atoms with Gasteiger partial charge >= 0.3 is 0 Å². The molecule has 0 bridgehead atoms. The standard InChI is InChI=1S/C8H14ClNO2S/c9-4-1-5-10-8-2-6-13(11,12)7-3-8/h1,4,8,10H,2-3,5-7H2/b4-1+. The summed E-state index contributed by atoms with van der Waals surface area (Å²) in [7, 11) is -2.73. The lowest BCUT2D eigenvalue weighted by Gasteiger charge is -2.22. The van der Waals surface area contributed by atoms with Gasteiger partial charge in [-0.15, -0.1) is 0 Å². The maximum absolute atomic E-state index is 11.1. The Bertz CT molecular complexity index is 260. The van der Waals surface area contributed by atoms with E-state index in [1.54, 1.807) is 0 Å². The van der Waals surface area contributed by atoms with E-state index < -0.39 is 9.84 Å². The molecule has 0 atom stereocenters. The van der Waals surface area contributed by atoms with Crippen molar-refractivity contribution in [2.75, 3.05) is 18.1 Å². The molecule has 0 saturated carbocycles. The highest BCUT2D eigenvalue weighted by Crippen LogP contribution is 2.11. The van der Waals surface area contributed by atoms with Crippen molar-refractivity contribution in [2.45, 2.75) is 18.9 Å². The number of hydrogen-bond donors (Lipinski definition) is 1. The van der Waals surface area contributed by atoms with Crippen LogP contribution in [0.1, 0.15) is 12.8 Å². The van der Waals surface area contributed by atoms with Crippen molar-refractivity contribution in [3.63, 3.8) is 0 Å². The van der Waals surface area contributed by atoms with Gasteiger partial charge in [0.2, 0.25) is 0 Å². The van der Waals surface area contributed by atoms with Crippen molar-refractivity contribution in [2.24, 2.45) is 0 Å². The Morgan fingerprint density at radius 1 is 1.38 bits per heavy atom. The van der Waals surface area contributed by atoms with Crippen LogP contribution in [0.4, 0.5) is 0 Å². The summed E-state index contributed by atoms with van der Waals surface area (Å²) in [5.41, 5.74) is 1.46. The number of rotatable bonds is 3. The molecule has 1 aliphatic rings. The molecule has 1 saturated heterocycles. The molecular weight excluding hydrogens is 210 g/mol. The van der Waals surface area contributed by atoms with Crippen molar-refractivity contribution < 1.29 is 8.42 Å². The zero-order valence-corrected chi connectivity index (χ0v) is 8.94. The molecule has 0 radical (unpaired) electrons. The van der Waals surface area contributed by atoms with E-state index in [1.165, 1.54) is 5.54 Å². The largest absolute Gasteiger partial charge is 0.310 e. The van der Waals surface area contributed by atoms with E-state index in [0.29, 0.717) is 24.1 Å². The monoisotopic (exact) mass is 223 g/mol. The Balaban J connectivity index is 2.25. The Morgan fingerprint density at radius 3 is 2.54 bits per heavy atom. The first-order chi connectivity index (χ1) is 6.14. The molecule has 1 N–H and O–H groups in total. The van der Waals surface area contributed by atoms with Gasteiger partial charge in [-0.05, 0) is 12.8 Å². The van der Waals surface area contributed by atoms with Crippen molar-refractivity contribution in [3.8, 4) is 0 Å². The summed E-state index contributed by atoms with van der Waals surface area (Å²) in [5, 5.41) is 3.22. The van der Waals surface area contributed by atoms with Gasteiger partial charge in [-0.2, -0.15) is 0 Å². The van der Waals surface area contributed by atoms with Crippen LogP contribution in [0.3, 0.4) is 0 Å². The van der Waals surface area contributed by atoms with Crippen molar-refractivity contribution in [1.29, 1.82) is 0 Å². The number of halogens is 1. The fourth-order valence-corrected chi connectivity index (χ4v) is 2.95. The molecule has 3 nitrogen and oxygen atoms in total. The van der Waals surface area contributed by atoms with Gasteiger partial charge in [0.05, 0.1) is 11.5 Å². The maximum Gasteiger partial charge on any atom is 0.150 e. The fourth-order valence-electron chi connectivity index (χ4n) is 1.37. The molecule has 76 valence electrons. The van der Waals surface area contributed by atoms with Gasteiger partial charge in [0.25, 0.3) is 0 Å². The minimum atomic E-state index is -2.73. The van der Waals surface area contributed by atoms with E-state index in [0.717, 1.165) is 12.8 Å². The minimum Gasteiger partial charge on any atom is -0.310 e. The summed E-state index contributed by atoms with van der Waals surface area (Å²) >= 11 is 5.35. The van der Waals surface area contributed by atoms with Gasteiger partial charge in [0, 0.05) is 18.1 Å². The first-order valence-corrected chi connectivity index (χ1v) is 6.59. The van der Waals surface area contributed by atoms with Crippen molar-refractivity contribution >= 4 is 21.4 Å². The van der Waals surface area contributed by atoms with Crippen LogP contribution in [0, 0.1) is 0 Å². The molecule has 0 aromatic rings. The zero-order valence-electron chi connectivity index (χ0n) is 7.37. The van der Waals surface area contributed by atoms with Gasteiger partial charge in [-0.1, -0.05) is 17.7 Å². The van der Waals surface area contributed by atoms with Gasteiger partial charge in [0.15, 0.2) is 0 Å². The molecule has 0 spiro atoms. The zero-order chi connectivity index (χ0) is 9.73. The first kappa shape index (κ1) is 11.0. The predicted molar refractivity (Wildman–Crippen MR) is 54.7 cm³/mol. The summed E-state index contributed by atoms with van der Waals surface area (Å²) in [6, 6.07) is 0.330. The predicted octanol–water partition coefficient (Wildman–Crippen LogP) is 0.906. The van der Waals surface area contributed by atoms with Crippen LogP contribution >= 0.6 is 11.6 Å². The van der Waals surface area contributed by atoms with Gasteiger partial charge < -0.3 is 5.32 Å². The average Bonchev–Trinajstić information content (AvgIpc) is 2.08. The average molecular weight is 224 g/mol. The number of hydrogen-bond acceptors (Lipinski definition) is 3. The molecule has 0 amide bonds. The Hall–Kier alpha value is -0.0600. The van der Waals surface area contributed by atoms with Crippen LogP contribution in [0.2, 0.25) is 0 Å². The van der Waals surface area contributed by atoms with E-state index >= 15 is 0 Å². The van der Waals surface area contributed by atoms with E-state index in [-0.39, 0.29) is 0 Å². The number of nitrogens with one attached hydrogen (secondary N) is 1. The Labute approximate surface area is 84.1 Å². The molecule has 0 aromatic carbocycles. The quantitative estimate of drug-likeness (QED) is 0.774. The third kappa shape index (κ3) is 4.11. The Kier molecular flexibility index (Phi) is 4.22. The lowest BCUT2D eigenvalue weighted by Crippen LogP contribution is -2.37. The van der Waals surface area contributed by atoms with Crippen LogP contribution in [0.15, 0.2) is 11.6 Å². The van der Waals surface area contributed by atoms with Gasteiger partial charge in [-0.3, -0.25) is 0 Å². The highest BCUT2D eigenvalue weighted by molar-refractivity contribution is 7.91. The molecule has 1 rings (SSSR count). The fraction of sp³-hybridized carbons (Fsp3) is 0.750. The summed E-state index contributed by atoms with van der Waals surface area (Å²) in [4.78, 5) is 0. The molecule has 1 aliphatic heterocycles. The highest BCUT2D eigenvalue weighted by Gasteiger charge is 2.22. The number of sulfone groups is 1. The molecule has 0 aliphatic carbocycles. The van der Waals surface area contributed by atoms with Crippen LogP contribution in [-0.4, -0.2) is 32.5 Å². The second-order valence-corrected chi connectivity index (χ2v) is 5.75. The van der Waals surface area contributed by atoms with Crippen LogP contribution < -0.4 is 5.32 Å². The summed E-state index contributed by atoms with van der Waals surface area (Å²) in [6.45, 7) is 0.716. The van der Waals surface area contributed by atoms with Gasteiger partial charge in [0.1, 0.15) is 9.84 Å². The van der Waals surface area contributed by atoms with E-state index in [9.17, 15) is 8.42 Å². The molecule has 0 unspecified atom stereocenters. The third-order valence-electron chi connectivity index (χ3n) is 2.17. The molecule has 5 heteroatoms. The van der Waals surface area contributed by atoms with Crippen molar-refractivity contribution in [1.82, 2.24) is 5.32 Å². The summed E-state index contributed by atoms with van der Waals surface area (Å²) < 4.78 is 22.1. The van der Waals surface area contributed by atoms with Crippen LogP contribution in [-0.2, 0) is 9.84 Å². The smallest absolute Gasteiger partial charge is 0.150 e. The molecule has 13 heavy (non-hydrogen) atoms. The SMILES string of the molecule is O=S1(=O)CCC(NC/C=C/Cl)CC1. The Morgan fingerprint density at radius 2 is 2.00 bits per heavy atom. The van der Waals surface area contributed by atoms with Gasteiger partial charge in [-0.25, -0.2) is 8.42 Å². The topological polar surface area (TPSA) is 46.2 Å². The minimum absolute atomic E-state index is 0.315. The third-order valence-corrected chi connectivity index (χ3v) is 4.06. The van der Waals surface area contributed by atoms with E-state index in [1.807, 2.05) is 6.08 Å². The van der Waals surface area contributed by atoms with Crippen LogP contribution in [0.25, 0.3) is 0 Å². The van der Waals surface area contributed by atoms with Crippen LogP contribution in [0.5, 0.6) is 0 Å². The first-order valence-electron chi connectivity index (χ1n) is 4.33. The lowest BCUT2D eigenvalue weighted by atomic mass is 10.1. The highest BCUT2D eigenvalue weighted by atomic mass is 35.5. The summed E-state index contributed by atoms with van der Waals surface area (Å²) in [6.07, 6.45) is 3.25.